The Morgan fingerprint density at radius 1 is 1.14 bits per heavy atom. The van der Waals surface area contributed by atoms with Crippen molar-refractivity contribution in [3.8, 4) is 11.5 Å². The highest BCUT2D eigenvalue weighted by Crippen LogP contribution is 2.68. The first-order valence-corrected chi connectivity index (χ1v) is 17.8. The molecule has 1 saturated carbocycles. The minimum atomic E-state index is -1.81. The minimum Gasteiger partial charge on any atom is -0.493 e. The third-order valence-corrected chi connectivity index (χ3v) is 11.0. The standard InChI is InChI=1S/C42H52O9/c1-11-12-13-14-26(4)21-41-49-37-31-18-30(24-47-35(43)20-29-15-16-32(33(19-29)46-10)48-38(7,8)9)23-39(45)34(17-27(5)36(39)44)42(31,51-41)28(6)22-40(37,50-41)25(2)3/h11-19,28,31,34,37,45H,1-2,20-24H2,3-10H3/b13-12-,26-14+/t28-,31+,34-,37-,39-,40-,41-,42-/m1/s1. The highest BCUT2D eigenvalue weighted by atomic mass is 16.9. The molecule has 0 unspecified atom stereocenters. The molecule has 3 aliphatic carbocycles. The fourth-order valence-electron chi connectivity index (χ4n) is 8.97. The van der Waals surface area contributed by atoms with Crippen LogP contribution in [0.2, 0.25) is 0 Å². The van der Waals surface area contributed by atoms with Gasteiger partial charge >= 0.3 is 5.97 Å². The molecule has 0 aromatic heterocycles. The molecule has 5 aliphatic rings. The van der Waals surface area contributed by atoms with Gasteiger partial charge in [-0.05, 0) is 88.3 Å². The van der Waals surface area contributed by atoms with E-state index in [2.05, 4.69) is 20.1 Å². The minimum absolute atomic E-state index is 0.00480. The molecule has 2 saturated heterocycles. The van der Waals surface area contributed by atoms with Gasteiger partial charge in [-0.2, -0.15) is 0 Å². The zero-order valence-corrected chi connectivity index (χ0v) is 31.2. The molecule has 0 amide bonds. The molecule has 51 heavy (non-hydrogen) atoms. The summed E-state index contributed by atoms with van der Waals surface area (Å²) >= 11 is 0. The molecule has 2 heterocycles. The van der Waals surface area contributed by atoms with Crippen LogP contribution >= 0.6 is 0 Å². The number of benzene rings is 1. The lowest BCUT2D eigenvalue weighted by Gasteiger charge is -2.59. The lowest BCUT2D eigenvalue weighted by Crippen LogP contribution is -2.70. The molecule has 1 N–H and O–H groups in total. The number of methoxy groups -OCH3 is 1. The number of hydrogen-bond donors (Lipinski definition) is 1. The van der Waals surface area contributed by atoms with Gasteiger partial charge in [-0.15, -0.1) is 0 Å². The van der Waals surface area contributed by atoms with Gasteiger partial charge in [0.1, 0.15) is 29.5 Å². The van der Waals surface area contributed by atoms with Crippen molar-refractivity contribution in [3.05, 3.63) is 95.7 Å². The zero-order valence-electron chi connectivity index (χ0n) is 31.2. The molecule has 0 spiro atoms. The van der Waals surface area contributed by atoms with Crippen LogP contribution in [0, 0.1) is 17.8 Å². The molecule has 3 fully saturated rings. The largest absolute Gasteiger partial charge is 0.493 e. The van der Waals surface area contributed by atoms with Crippen molar-refractivity contribution in [2.24, 2.45) is 17.8 Å². The van der Waals surface area contributed by atoms with Crippen LogP contribution in [0.4, 0.5) is 0 Å². The van der Waals surface area contributed by atoms with E-state index < -0.39 is 52.3 Å². The Morgan fingerprint density at radius 2 is 1.88 bits per heavy atom. The summed E-state index contributed by atoms with van der Waals surface area (Å²) in [6, 6.07) is 5.36. The summed E-state index contributed by atoms with van der Waals surface area (Å²) < 4.78 is 38.3. The van der Waals surface area contributed by atoms with Gasteiger partial charge in [-0.3, -0.25) is 9.59 Å². The molecule has 1 aromatic carbocycles. The monoisotopic (exact) mass is 700 g/mol. The van der Waals surface area contributed by atoms with E-state index in [4.69, 9.17) is 28.4 Å². The van der Waals surface area contributed by atoms with Gasteiger partial charge in [0, 0.05) is 18.3 Å². The molecule has 0 radical (unpaired) electrons. The van der Waals surface area contributed by atoms with Gasteiger partial charge in [0.15, 0.2) is 17.3 Å². The number of carbonyl (C=O) groups excluding carboxylic acids is 2. The topological polar surface area (TPSA) is 110 Å². The fraction of sp³-hybridized carbons (Fsp3) is 0.524. The summed E-state index contributed by atoms with van der Waals surface area (Å²) in [7, 11) is 1.56. The second-order valence-electron chi connectivity index (χ2n) is 16.0. The van der Waals surface area contributed by atoms with E-state index in [-0.39, 0.29) is 31.1 Å². The predicted molar refractivity (Wildman–Crippen MR) is 193 cm³/mol. The van der Waals surface area contributed by atoms with Crippen molar-refractivity contribution in [3.63, 3.8) is 0 Å². The van der Waals surface area contributed by atoms with E-state index in [0.29, 0.717) is 41.1 Å². The number of rotatable bonds is 11. The Kier molecular flexibility index (Phi) is 9.45. The molecule has 6 rings (SSSR count). The molecule has 9 heteroatoms. The summed E-state index contributed by atoms with van der Waals surface area (Å²) in [5.74, 6) is -2.48. The summed E-state index contributed by atoms with van der Waals surface area (Å²) in [5, 5.41) is 12.5. The van der Waals surface area contributed by atoms with Crippen molar-refractivity contribution in [2.75, 3.05) is 13.7 Å². The second kappa shape index (κ2) is 13.0. The lowest BCUT2D eigenvalue weighted by molar-refractivity contribution is -0.421. The number of esters is 1. The predicted octanol–water partition coefficient (Wildman–Crippen LogP) is 7.05. The molecule has 2 aliphatic heterocycles. The number of hydrogen-bond acceptors (Lipinski definition) is 9. The van der Waals surface area contributed by atoms with E-state index in [1.165, 1.54) is 0 Å². The summed E-state index contributed by atoms with van der Waals surface area (Å²) in [6.45, 7) is 21.6. The van der Waals surface area contributed by atoms with Crippen molar-refractivity contribution in [1.82, 2.24) is 0 Å². The van der Waals surface area contributed by atoms with E-state index in [1.807, 2.05) is 71.1 Å². The second-order valence-corrected chi connectivity index (χ2v) is 16.0. The van der Waals surface area contributed by atoms with Crippen molar-refractivity contribution in [1.29, 1.82) is 0 Å². The number of ketones is 1. The van der Waals surface area contributed by atoms with Crippen LogP contribution < -0.4 is 9.47 Å². The Balaban J connectivity index is 1.33. The van der Waals surface area contributed by atoms with Gasteiger partial charge in [-0.25, -0.2) is 0 Å². The maximum atomic E-state index is 13.9. The first-order chi connectivity index (χ1) is 23.9. The Morgan fingerprint density at radius 3 is 2.55 bits per heavy atom. The van der Waals surface area contributed by atoms with Crippen LogP contribution in [0.25, 0.3) is 0 Å². The van der Waals surface area contributed by atoms with Crippen LogP contribution in [0.15, 0.2) is 90.1 Å². The number of allylic oxidation sites excluding steroid dienone is 4. The van der Waals surface area contributed by atoms with Gasteiger partial charge in [0.05, 0.1) is 25.6 Å². The lowest BCUT2D eigenvalue weighted by atomic mass is 9.55. The average molecular weight is 701 g/mol. The van der Waals surface area contributed by atoms with Crippen LogP contribution in [-0.2, 0) is 35.0 Å². The summed E-state index contributed by atoms with van der Waals surface area (Å²) in [4.78, 5) is 27.2. The summed E-state index contributed by atoms with van der Waals surface area (Å²) in [5.41, 5.74) is -0.578. The van der Waals surface area contributed by atoms with Gasteiger partial charge in [0.2, 0.25) is 0 Å². The fourth-order valence-corrected chi connectivity index (χ4v) is 8.97. The smallest absolute Gasteiger partial charge is 0.310 e. The van der Waals surface area contributed by atoms with E-state index in [1.54, 1.807) is 32.2 Å². The van der Waals surface area contributed by atoms with Crippen molar-refractivity contribution in [2.45, 2.75) is 109 Å². The van der Waals surface area contributed by atoms with Crippen LogP contribution in [0.1, 0.15) is 73.3 Å². The third-order valence-electron chi connectivity index (χ3n) is 11.0. The number of fused-ring (bicyclic) bond motifs is 2. The molecule has 274 valence electrons. The van der Waals surface area contributed by atoms with Crippen molar-refractivity contribution < 1.29 is 43.1 Å². The highest BCUT2D eigenvalue weighted by Gasteiger charge is 2.79. The third kappa shape index (κ3) is 6.26. The average Bonchev–Trinajstić information content (AvgIpc) is 3.35. The number of carbonyl (C=O) groups is 2. The molecular weight excluding hydrogens is 648 g/mol. The molecular formula is C42H52O9. The van der Waals surface area contributed by atoms with Gasteiger partial charge in [-0.1, -0.05) is 68.2 Å². The Bertz CT molecular complexity index is 1760. The van der Waals surface area contributed by atoms with E-state index in [0.717, 1.165) is 11.1 Å². The van der Waals surface area contributed by atoms with Crippen LogP contribution in [-0.4, -0.2) is 65.1 Å². The summed E-state index contributed by atoms with van der Waals surface area (Å²) in [6.07, 6.45) is 11.6. The highest BCUT2D eigenvalue weighted by molar-refractivity contribution is 6.04. The number of Topliss-reactive ketones (excluding diaryl/α,β-unsaturated/α-hetero) is 1. The Labute approximate surface area is 301 Å². The first kappa shape index (κ1) is 37.0. The molecule has 9 nitrogen and oxygen atoms in total. The zero-order chi connectivity index (χ0) is 37.1. The van der Waals surface area contributed by atoms with Gasteiger partial charge in [0.25, 0.3) is 5.97 Å². The molecule has 8 atom stereocenters. The number of aliphatic hydroxyl groups is 1. The Hall–Kier alpha value is -3.76. The van der Waals surface area contributed by atoms with Gasteiger partial charge < -0.3 is 33.5 Å². The quantitative estimate of drug-likeness (QED) is 0.148. The van der Waals surface area contributed by atoms with Crippen LogP contribution in [0.3, 0.4) is 0 Å². The van der Waals surface area contributed by atoms with Crippen molar-refractivity contribution >= 4 is 11.8 Å². The SMILES string of the molecule is C=C/C=C\C=C(/C)C[C@]12O[C@@H]3[C@@H]4C=C(COC(=O)Cc5ccc(OC(C)(C)C)c(OC)c5)C[C@]5(O)C(=O)C(C)=C[C@H]5[C@@]4(O1)[C@H](C)C[C@]3(C(=C)C)O2. The maximum Gasteiger partial charge on any atom is 0.310 e. The van der Waals surface area contributed by atoms with E-state index >= 15 is 0 Å². The first-order valence-electron chi connectivity index (χ1n) is 17.8. The number of ether oxygens (including phenoxy) is 6. The van der Waals surface area contributed by atoms with E-state index in [9.17, 15) is 14.7 Å². The normalized spacial score (nSPS) is 35.5. The molecule has 1 aromatic rings. The van der Waals surface area contributed by atoms with Crippen LogP contribution in [0.5, 0.6) is 11.5 Å². The maximum absolute atomic E-state index is 13.9. The molecule has 3 bridgehead atoms.